The Balaban J connectivity index is 1.55. The van der Waals surface area contributed by atoms with Gasteiger partial charge in [-0.3, -0.25) is 4.79 Å². The highest BCUT2D eigenvalue weighted by atomic mass is 16.5. The summed E-state index contributed by atoms with van der Waals surface area (Å²) in [7, 11) is 0. The van der Waals surface area contributed by atoms with Crippen molar-refractivity contribution in [2.24, 2.45) is 0 Å². The zero-order valence-electron chi connectivity index (χ0n) is 13.2. The Morgan fingerprint density at radius 3 is 3.09 bits per heavy atom. The molecule has 3 rings (SSSR count). The van der Waals surface area contributed by atoms with E-state index in [0.29, 0.717) is 13.2 Å². The van der Waals surface area contributed by atoms with Gasteiger partial charge in [-0.25, -0.2) is 15.0 Å². The zero-order valence-corrected chi connectivity index (χ0v) is 13.2. The molecule has 122 valence electrons. The van der Waals surface area contributed by atoms with Crippen molar-refractivity contribution in [2.45, 2.75) is 38.8 Å². The lowest BCUT2D eigenvalue weighted by Gasteiger charge is -2.20. The van der Waals surface area contributed by atoms with E-state index in [9.17, 15) is 4.79 Å². The van der Waals surface area contributed by atoms with E-state index in [4.69, 9.17) is 4.74 Å². The van der Waals surface area contributed by atoms with Gasteiger partial charge in [-0.15, -0.1) is 0 Å². The van der Waals surface area contributed by atoms with E-state index in [1.165, 1.54) is 0 Å². The van der Waals surface area contributed by atoms with Crippen molar-refractivity contribution in [1.29, 1.82) is 0 Å². The van der Waals surface area contributed by atoms with E-state index < -0.39 is 0 Å². The molecule has 23 heavy (non-hydrogen) atoms. The molecule has 0 aromatic carbocycles. The number of nitrogens with zero attached hydrogens (tertiary/aromatic N) is 4. The van der Waals surface area contributed by atoms with E-state index in [1.54, 1.807) is 23.2 Å². The molecule has 1 fully saturated rings. The summed E-state index contributed by atoms with van der Waals surface area (Å²) in [4.78, 5) is 25.0. The average molecular weight is 315 g/mol. The Hall–Kier alpha value is -2.28. The number of aromatic nitrogens is 4. The van der Waals surface area contributed by atoms with Crippen molar-refractivity contribution in [3.05, 3.63) is 42.0 Å². The summed E-state index contributed by atoms with van der Waals surface area (Å²) in [5, 5.41) is 2.89. The first-order valence-corrected chi connectivity index (χ1v) is 7.86. The van der Waals surface area contributed by atoms with Crippen molar-refractivity contribution in [3.63, 3.8) is 0 Å². The second kappa shape index (κ2) is 7.32. The SMILES string of the molecule is Cc1nccn1CC(=O)NCc1ccnc([C@H]2CCCOC2)n1. The molecule has 1 saturated heterocycles. The van der Waals surface area contributed by atoms with E-state index >= 15 is 0 Å². The van der Waals surface area contributed by atoms with Crippen LogP contribution < -0.4 is 5.32 Å². The summed E-state index contributed by atoms with van der Waals surface area (Å²) in [6.45, 7) is 4.03. The summed E-state index contributed by atoms with van der Waals surface area (Å²) >= 11 is 0. The minimum atomic E-state index is -0.0627. The number of nitrogens with one attached hydrogen (secondary N) is 1. The van der Waals surface area contributed by atoms with Gasteiger partial charge in [-0.1, -0.05) is 0 Å². The van der Waals surface area contributed by atoms with Crippen LogP contribution >= 0.6 is 0 Å². The van der Waals surface area contributed by atoms with Gasteiger partial charge in [0, 0.05) is 31.1 Å². The number of ether oxygens (including phenoxy) is 1. The van der Waals surface area contributed by atoms with Crippen LogP contribution in [0.3, 0.4) is 0 Å². The molecule has 0 aliphatic carbocycles. The Morgan fingerprint density at radius 1 is 1.43 bits per heavy atom. The quantitative estimate of drug-likeness (QED) is 0.896. The van der Waals surface area contributed by atoms with Crippen LogP contribution in [0.2, 0.25) is 0 Å². The van der Waals surface area contributed by atoms with Crippen LogP contribution in [0.4, 0.5) is 0 Å². The molecule has 1 amide bonds. The molecule has 0 unspecified atom stereocenters. The minimum absolute atomic E-state index is 0.0627. The fourth-order valence-corrected chi connectivity index (χ4v) is 2.62. The predicted molar refractivity (Wildman–Crippen MR) is 83.6 cm³/mol. The fourth-order valence-electron chi connectivity index (χ4n) is 2.62. The summed E-state index contributed by atoms with van der Waals surface area (Å²) in [5.41, 5.74) is 0.816. The van der Waals surface area contributed by atoms with Gasteiger partial charge >= 0.3 is 0 Å². The third-order valence-corrected chi connectivity index (χ3v) is 3.96. The number of carbonyl (C=O) groups is 1. The molecule has 7 nitrogen and oxygen atoms in total. The summed E-state index contributed by atoms with van der Waals surface area (Å²) in [6, 6.07) is 1.83. The first kappa shape index (κ1) is 15.6. The van der Waals surface area contributed by atoms with Crippen molar-refractivity contribution >= 4 is 5.91 Å². The molecule has 0 spiro atoms. The van der Waals surface area contributed by atoms with Crippen LogP contribution in [0.15, 0.2) is 24.7 Å². The molecular formula is C16H21N5O2. The summed E-state index contributed by atoms with van der Waals surface area (Å²) in [5.74, 6) is 1.82. The second-order valence-electron chi connectivity index (χ2n) is 5.70. The Labute approximate surface area is 135 Å². The van der Waals surface area contributed by atoms with Gasteiger partial charge in [0.2, 0.25) is 5.91 Å². The molecule has 1 atom stereocenters. The highest BCUT2D eigenvalue weighted by molar-refractivity contribution is 5.75. The zero-order chi connectivity index (χ0) is 16.1. The average Bonchev–Trinajstić information content (AvgIpc) is 2.99. The van der Waals surface area contributed by atoms with Crippen LogP contribution in [0.25, 0.3) is 0 Å². The molecule has 0 radical (unpaired) electrons. The largest absolute Gasteiger partial charge is 0.381 e. The number of amides is 1. The van der Waals surface area contributed by atoms with Gasteiger partial charge in [0.15, 0.2) is 0 Å². The second-order valence-corrected chi connectivity index (χ2v) is 5.70. The van der Waals surface area contributed by atoms with Gasteiger partial charge < -0.3 is 14.6 Å². The minimum Gasteiger partial charge on any atom is -0.381 e. The van der Waals surface area contributed by atoms with Crippen molar-refractivity contribution in [2.75, 3.05) is 13.2 Å². The fraction of sp³-hybridized carbons (Fsp3) is 0.500. The molecule has 2 aromatic rings. The predicted octanol–water partition coefficient (Wildman–Crippen LogP) is 1.19. The van der Waals surface area contributed by atoms with E-state index in [-0.39, 0.29) is 18.4 Å². The van der Waals surface area contributed by atoms with Gasteiger partial charge in [0.05, 0.1) is 18.8 Å². The molecule has 7 heteroatoms. The monoisotopic (exact) mass is 315 g/mol. The third-order valence-electron chi connectivity index (χ3n) is 3.96. The smallest absolute Gasteiger partial charge is 0.240 e. The number of carbonyl (C=O) groups excluding carboxylic acids is 1. The van der Waals surface area contributed by atoms with E-state index in [2.05, 4.69) is 20.3 Å². The van der Waals surface area contributed by atoms with E-state index in [1.807, 2.05) is 13.0 Å². The van der Waals surface area contributed by atoms with Crippen LogP contribution in [0, 0.1) is 6.92 Å². The highest BCUT2D eigenvalue weighted by Gasteiger charge is 2.18. The standard InChI is InChI=1S/C16H21N5O2/c1-12-17-6-7-21(12)10-15(22)19-9-14-4-5-18-16(20-14)13-3-2-8-23-11-13/h4-7,13H,2-3,8-11H2,1H3,(H,19,22)/t13-/m0/s1. The number of rotatable bonds is 5. The Morgan fingerprint density at radius 2 is 2.35 bits per heavy atom. The Bertz CT molecular complexity index is 664. The van der Waals surface area contributed by atoms with Crippen LogP contribution in [0.1, 0.15) is 36.1 Å². The molecule has 3 heterocycles. The molecule has 2 aromatic heterocycles. The van der Waals surface area contributed by atoms with Crippen molar-refractivity contribution in [3.8, 4) is 0 Å². The number of imidazole rings is 1. The number of hydrogen-bond acceptors (Lipinski definition) is 5. The lowest BCUT2D eigenvalue weighted by molar-refractivity contribution is -0.121. The van der Waals surface area contributed by atoms with Gasteiger partial charge in [-0.05, 0) is 25.8 Å². The maximum atomic E-state index is 12.0. The highest BCUT2D eigenvalue weighted by Crippen LogP contribution is 2.22. The van der Waals surface area contributed by atoms with Gasteiger partial charge in [0.25, 0.3) is 0 Å². The molecule has 0 saturated carbocycles. The first-order valence-electron chi connectivity index (χ1n) is 7.86. The van der Waals surface area contributed by atoms with Crippen molar-refractivity contribution < 1.29 is 9.53 Å². The van der Waals surface area contributed by atoms with E-state index in [0.717, 1.165) is 36.8 Å². The topological polar surface area (TPSA) is 81.9 Å². The normalized spacial score (nSPS) is 17.9. The number of aryl methyl sites for hydroxylation is 1. The molecule has 0 bridgehead atoms. The molecular weight excluding hydrogens is 294 g/mol. The molecule has 1 aliphatic rings. The van der Waals surface area contributed by atoms with Crippen LogP contribution in [0.5, 0.6) is 0 Å². The van der Waals surface area contributed by atoms with Crippen LogP contribution in [-0.2, 0) is 22.6 Å². The lowest BCUT2D eigenvalue weighted by atomic mass is 10.0. The summed E-state index contributed by atoms with van der Waals surface area (Å²) < 4.78 is 7.29. The van der Waals surface area contributed by atoms with Crippen molar-refractivity contribution in [1.82, 2.24) is 24.8 Å². The molecule has 1 aliphatic heterocycles. The maximum Gasteiger partial charge on any atom is 0.240 e. The number of hydrogen-bond donors (Lipinski definition) is 1. The Kier molecular flexibility index (Phi) is 4.97. The third kappa shape index (κ3) is 4.13. The van der Waals surface area contributed by atoms with Gasteiger partial charge in [-0.2, -0.15) is 0 Å². The van der Waals surface area contributed by atoms with Gasteiger partial charge in [0.1, 0.15) is 18.2 Å². The maximum absolute atomic E-state index is 12.0. The van der Waals surface area contributed by atoms with Crippen LogP contribution in [-0.4, -0.2) is 38.6 Å². The first-order chi connectivity index (χ1) is 11.2. The molecule has 1 N–H and O–H groups in total. The lowest BCUT2D eigenvalue weighted by Crippen LogP contribution is -2.28. The summed E-state index contributed by atoms with van der Waals surface area (Å²) in [6.07, 6.45) is 7.32.